The van der Waals surface area contributed by atoms with Gasteiger partial charge in [0, 0.05) is 24.2 Å². The Balaban J connectivity index is 1.49. The lowest BCUT2D eigenvalue weighted by atomic mass is 10.00. The minimum atomic E-state index is -0.640. The van der Waals surface area contributed by atoms with Gasteiger partial charge in [0.2, 0.25) is 0 Å². The van der Waals surface area contributed by atoms with Crippen molar-refractivity contribution in [3.05, 3.63) is 111 Å². The molecule has 0 aliphatic heterocycles. The van der Waals surface area contributed by atoms with Crippen LogP contribution in [0.3, 0.4) is 0 Å². The molecule has 228 valence electrons. The molecule has 5 aromatic rings. The zero-order chi connectivity index (χ0) is 30.6. The molecule has 0 spiro atoms. The summed E-state index contributed by atoms with van der Waals surface area (Å²) in [7, 11) is 3.22. The molecule has 6 rings (SSSR count). The Morgan fingerprint density at radius 2 is 1.82 bits per heavy atom. The van der Waals surface area contributed by atoms with Crippen molar-refractivity contribution in [3.63, 3.8) is 0 Å². The molecule has 44 heavy (non-hydrogen) atoms. The van der Waals surface area contributed by atoms with Crippen LogP contribution in [0.1, 0.15) is 65.8 Å². The number of ether oxygens (including phenoxy) is 2. The van der Waals surface area contributed by atoms with Gasteiger partial charge in [-0.2, -0.15) is 0 Å². The molecule has 1 atom stereocenters. The number of aromatic nitrogens is 5. The maximum absolute atomic E-state index is 15.2. The van der Waals surface area contributed by atoms with E-state index in [1.165, 1.54) is 6.07 Å². The molecule has 1 saturated carbocycles. The van der Waals surface area contributed by atoms with Crippen molar-refractivity contribution in [2.45, 2.75) is 57.7 Å². The number of hydrogen-bond donors (Lipinski definition) is 1. The molecule has 0 amide bonds. The van der Waals surface area contributed by atoms with E-state index in [0.29, 0.717) is 41.4 Å². The molecule has 0 unspecified atom stereocenters. The average molecular weight is 597 g/mol. The lowest BCUT2D eigenvalue weighted by Gasteiger charge is -2.32. The number of para-hydroxylation sites is 1. The van der Waals surface area contributed by atoms with Gasteiger partial charge in [-0.3, -0.25) is 9.69 Å². The summed E-state index contributed by atoms with van der Waals surface area (Å²) in [5.41, 5.74) is 3.61. The van der Waals surface area contributed by atoms with Gasteiger partial charge in [0.25, 0.3) is 5.56 Å². The zero-order valence-corrected chi connectivity index (χ0v) is 25.3. The fourth-order valence-electron chi connectivity index (χ4n) is 6.35. The van der Waals surface area contributed by atoms with Crippen LogP contribution in [-0.4, -0.2) is 50.9 Å². The van der Waals surface area contributed by atoms with Gasteiger partial charge in [-0.15, -0.1) is 5.10 Å². The number of hydrogen-bond acceptors (Lipinski definition) is 7. The minimum absolute atomic E-state index is 0.144. The van der Waals surface area contributed by atoms with Crippen LogP contribution in [0.5, 0.6) is 11.5 Å². The van der Waals surface area contributed by atoms with E-state index < -0.39 is 6.04 Å². The third-order valence-corrected chi connectivity index (χ3v) is 8.68. The number of aromatic amines is 1. The number of tetrazole rings is 1. The van der Waals surface area contributed by atoms with Gasteiger partial charge < -0.3 is 14.5 Å². The Morgan fingerprint density at radius 1 is 1.02 bits per heavy atom. The van der Waals surface area contributed by atoms with Crippen molar-refractivity contribution in [1.82, 2.24) is 30.1 Å². The number of aryl methyl sites for hydroxylation is 1. The number of fused-ring (bicyclic) bond motifs is 1. The highest BCUT2D eigenvalue weighted by Gasteiger charge is 2.33. The van der Waals surface area contributed by atoms with Crippen molar-refractivity contribution in [1.29, 1.82) is 0 Å². The predicted octanol–water partition coefficient (Wildman–Crippen LogP) is 5.93. The van der Waals surface area contributed by atoms with Gasteiger partial charge in [-0.25, -0.2) is 9.07 Å². The Hall–Kier alpha value is -4.57. The summed E-state index contributed by atoms with van der Waals surface area (Å²) in [5.74, 6) is 1.55. The molecule has 1 fully saturated rings. The fraction of sp³-hybridized carbons (Fsp3) is 0.353. The number of nitrogens with zero attached hydrogens (tertiary/aromatic N) is 5. The fourth-order valence-corrected chi connectivity index (χ4v) is 6.35. The maximum Gasteiger partial charge on any atom is 0.253 e. The van der Waals surface area contributed by atoms with Crippen molar-refractivity contribution in [2.75, 3.05) is 20.8 Å². The molecule has 1 aliphatic rings. The standard InChI is InChI=1S/C34H37FN6O3/c1-22-9-8-11-24-20-27(34(42)36-31(22)24)32(33-37-38-39-41(33)26-12-5-6-13-26)40(21-25-10-4-7-14-28(25)35)18-17-23-15-16-29(43-2)30(19-23)44-3/h4,7-11,14-16,19-20,26,32H,5-6,12-13,17-18,21H2,1-3H3,(H,36,42)/t32-/m0/s1. The summed E-state index contributed by atoms with van der Waals surface area (Å²) in [4.78, 5) is 19.2. The Kier molecular flexibility index (Phi) is 8.70. The highest BCUT2D eigenvalue weighted by molar-refractivity contribution is 5.82. The average Bonchev–Trinajstić information content (AvgIpc) is 3.74. The van der Waals surface area contributed by atoms with Crippen LogP contribution in [-0.2, 0) is 13.0 Å². The van der Waals surface area contributed by atoms with Crippen LogP contribution in [0.25, 0.3) is 10.9 Å². The van der Waals surface area contributed by atoms with Crippen LogP contribution >= 0.6 is 0 Å². The van der Waals surface area contributed by atoms with Crippen molar-refractivity contribution in [2.24, 2.45) is 0 Å². The zero-order valence-electron chi connectivity index (χ0n) is 25.3. The van der Waals surface area contributed by atoms with Crippen LogP contribution in [0, 0.1) is 12.7 Å². The normalized spacial score (nSPS) is 14.4. The Bertz CT molecular complexity index is 1810. The first-order chi connectivity index (χ1) is 21.5. The number of nitrogens with one attached hydrogen (secondary N) is 1. The van der Waals surface area contributed by atoms with Crippen molar-refractivity contribution in [3.8, 4) is 11.5 Å². The summed E-state index contributed by atoms with van der Waals surface area (Å²) in [5, 5.41) is 14.0. The number of methoxy groups -OCH3 is 2. The lowest BCUT2D eigenvalue weighted by molar-refractivity contribution is 0.199. The van der Waals surface area contributed by atoms with E-state index in [4.69, 9.17) is 9.47 Å². The Morgan fingerprint density at radius 3 is 2.59 bits per heavy atom. The molecular formula is C34H37FN6O3. The topological polar surface area (TPSA) is 98.2 Å². The van der Waals surface area contributed by atoms with Gasteiger partial charge in [0.05, 0.1) is 25.8 Å². The number of rotatable bonds is 11. The second-order valence-electron chi connectivity index (χ2n) is 11.4. The van der Waals surface area contributed by atoms with E-state index in [9.17, 15) is 4.79 Å². The highest BCUT2D eigenvalue weighted by Crippen LogP contribution is 2.35. The molecule has 1 aliphatic carbocycles. The van der Waals surface area contributed by atoms with Crippen molar-refractivity contribution < 1.29 is 13.9 Å². The molecule has 2 heterocycles. The molecule has 0 bridgehead atoms. The maximum atomic E-state index is 15.2. The first-order valence-electron chi connectivity index (χ1n) is 15.1. The highest BCUT2D eigenvalue weighted by atomic mass is 19.1. The quantitative estimate of drug-likeness (QED) is 0.202. The number of H-pyrrole nitrogens is 1. The van der Waals surface area contributed by atoms with E-state index in [-0.39, 0.29) is 24.0 Å². The molecule has 2 aromatic heterocycles. The third-order valence-electron chi connectivity index (χ3n) is 8.68. The number of halogens is 1. The second-order valence-corrected chi connectivity index (χ2v) is 11.4. The monoisotopic (exact) mass is 596 g/mol. The van der Waals surface area contributed by atoms with Gasteiger partial charge in [-0.05, 0) is 77.4 Å². The smallest absolute Gasteiger partial charge is 0.253 e. The summed E-state index contributed by atoms with van der Waals surface area (Å²) >= 11 is 0. The predicted molar refractivity (Wildman–Crippen MR) is 167 cm³/mol. The van der Waals surface area contributed by atoms with E-state index in [1.807, 2.05) is 60.1 Å². The van der Waals surface area contributed by atoms with Gasteiger partial charge in [0.1, 0.15) is 11.9 Å². The molecule has 10 heteroatoms. The van der Waals surface area contributed by atoms with Gasteiger partial charge in [0.15, 0.2) is 17.3 Å². The van der Waals surface area contributed by atoms with Crippen LogP contribution < -0.4 is 15.0 Å². The van der Waals surface area contributed by atoms with E-state index in [0.717, 1.165) is 47.7 Å². The summed E-state index contributed by atoms with van der Waals surface area (Å²) in [6.45, 7) is 2.70. The van der Waals surface area contributed by atoms with E-state index in [1.54, 1.807) is 26.4 Å². The van der Waals surface area contributed by atoms with Crippen LogP contribution in [0.15, 0.2) is 71.5 Å². The molecule has 9 nitrogen and oxygen atoms in total. The summed E-state index contributed by atoms with van der Waals surface area (Å²) in [6.07, 6.45) is 4.74. The molecular weight excluding hydrogens is 559 g/mol. The van der Waals surface area contributed by atoms with E-state index >= 15 is 4.39 Å². The third kappa shape index (κ3) is 5.94. The number of benzene rings is 3. The minimum Gasteiger partial charge on any atom is -0.493 e. The Labute approximate surface area is 255 Å². The first-order valence-corrected chi connectivity index (χ1v) is 15.1. The molecule has 0 saturated heterocycles. The van der Waals surface area contributed by atoms with Crippen LogP contribution in [0.4, 0.5) is 4.39 Å². The van der Waals surface area contributed by atoms with Gasteiger partial charge in [-0.1, -0.05) is 55.3 Å². The first kappa shape index (κ1) is 29.5. The second kappa shape index (κ2) is 13.0. The van der Waals surface area contributed by atoms with Crippen LogP contribution in [0.2, 0.25) is 0 Å². The summed E-state index contributed by atoms with van der Waals surface area (Å²) in [6, 6.07) is 20.0. The van der Waals surface area contributed by atoms with Crippen molar-refractivity contribution >= 4 is 10.9 Å². The van der Waals surface area contributed by atoms with E-state index in [2.05, 4.69) is 25.4 Å². The molecule has 3 aromatic carbocycles. The lowest BCUT2D eigenvalue weighted by Crippen LogP contribution is -2.37. The van der Waals surface area contributed by atoms with Gasteiger partial charge >= 0.3 is 0 Å². The summed E-state index contributed by atoms with van der Waals surface area (Å²) < 4.78 is 28.1. The molecule has 0 radical (unpaired) electrons. The SMILES string of the molecule is COc1ccc(CCN(Cc2ccccc2F)[C@@H](c2cc3cccc(C)c3[nH]c2=O)c2nnnn2C2CCCC2)cc1OC. The number of pyridine rings is 1. The largest absolute Gasteiger partial charge is 0.493 e. The molecule has 1 N–H and O–H groups in total.